The van der Waals surface area contributed by atoms with Gasteiger partial charge in [-0.1, -0.05) is 12.1 Å². The van der Waals surface area contributed by atoms with Gasteiger partial charge in [0.2, 0.25) is 0 Å². The minimum Gasteiger partial charge on any atom is -0.377 e. The predicted octanol–water partition coefficient (Wildman–Crippen LogP) is 1.34. The second kappa shape index (κ2) is 3.10. The van der Waals surface area contributed by atoms with E-state index in [1.54, 1.807) is 0 Å². The van der Waals surface area contributed by atoms with Gasteiger partial charge in [0, 0.05) is 43.4 Å². The summed E-state index contributed by atoms with van der Waals surface area (Å²) in [5, 5.41) is 0. The van der Waals surface area contributed by atoms with Gasteiger partial charge in [-0.3, -0.25) is 4.79 Å². The molecule has 74 valence electrons. The zero-order valence-corrected chi connectivity index (χ0v) is 8.45. The molecule has 3 nitrogen and oxygen atoms in total. The van der Waals surface area contributed by atoms with Crippen LogP contribution in [0.1, 0.15) is 28.4 Å². The van der Waals surface area contributed by atoms with Crippen LogP contribution in [0.15, 0.2) is 18.2 Å². The summed E-state index contributed by atoms with van der Waals surface area (Å²) < 4.78 is 0. The molecule has 0 saturated carbocycles. The third-order valence-electron chi connectivity index (χ3n) is 2.64. The first-order valence-electron chi connectivity index (χ1n) is 4.70. The maximum absolute atomic E-state index is 11.6. The lowest BCUT2D eigenvalue weighted by atomic mass is 10.1. The third kappa shape index (κ3) is 1.21. The van der Waals surface area contributed by atoms with Crippen LogP contribution in [0.2, 0.25) is 0 Å². The smallest absolute Gasteiger partial charge is 0.165 e. The van der Waals surface area contributed by atoms with Gasteiger partial charge in [-0.2, -0.15) is 0 Å². The molecule has 1 aliphatic carbocycles. The summed E-state index contributed by atoms with van der Waals surface area (Å²) in [5.41, 5.74) is 8.78. The van der Waals surface area contributed by atoms with Crippen LogP contribution in [0.4, 0.5) is 5.69 Å². The van der Waals surface area contributed by atoms with E-state index in [2.05, 4.69) is 0 Å². The zero-order valence-electron chi connectivity index (χ0n) is 8.45. The van der Waals surface area contributed by atoms with E-state index >= 15 is 0 Å². The quantitative estimate of drug-likeness (QED) is 0.727. The monoisotopic (exact) mass is 190 g/mol. The van der Waals surface area contributed by atoms with Gasteiger partial charge in [-0.05, 0) is 6.07 Å². The van der Waals surface area contributed by atoms with Crippen molar-refractivity contribution < 1.29 is 4.79 Å². The number of benzene rings is 1. The molecule has 0 spiro atoms. The number of rotatable bonds is 1. The number of hydrogen-bond acceptors (Lipinski definition) is 3. The van der Waals surface area contributed by atoms with E-state index in [1.807, 2.05) is 37.2 Å². The first-order valence-corrected chi connectivity index (χ1v) is 4.70. The summed E-state index contributed by atoms with van der Waals surface area (Å²) in [6.45, 7) is 0. The van der Waals surface area contributed by atoms with Crippen LogP contribution < -0.4 is 10.6 Å². The molecule has 1 atom stereocenters. The minimum atomic E-state index is -0.129. The van der Waals surface area contributed by atoms with Crippen LogP contribution in [0, 0.1) is 0 Å². The highest BCUT2D eigenvalue weighted by atomic mass is 16.1. The number of hydrogen-bond donors (Lipinski definition) is 1. The van der Waals surface area contributed by atoms with Gasteiger partial charge in [-0.25, -0.2) is 0 Å². The Morgan fingerprint density at radius 1 is 1.43 bits per heavy atom. The maximum atomic E-state index is 11.6. The zero-order chi connectivity index (χ0) is 10.3. The first-order chi connectivity index (χ1) is 6.61. The van der Waals surface area contributed by atoms with E-state index in [9.17, 15) is 4.79 Å². The highest BCUT2D eigenvalue weighted by molar-refractivity contribution is 6.02. The molecule has 2 N–H and O–H groups in total. The number of Topliss-reactive ketones (excluding diaryl/α,β-unsaturated/α-hetero) is 1. The van der Waals surface area contributed by atoms with E-state index in [1.165, 1.54) is 0 Å². The largest absolute Gasteiger partial charge is 0.377 e. The molecule has 1 aromatic rings. The van der Waals surface area contributed by atoms with Crippen LogP contribution >= 0.6 is 0 Å². The lowest BCUT2D eigenvalue weighted by Gasteiger charge is -2.18. The fourth-order valence-electron chi connectivity index (χ4n) is 1.99. The molecular weight excluding hydrogens is 176 g/mol. The number of nitrogens with two attached hydrogens (primary N) is 1. The van der Waals surface area contributed by atoms with Crippen LogP contribution in [-0.4, -0.2) is 19.9 Å². The first kappa shape index (κ1) is 9.21. The van der Waals surface area contributed by atoms with Gasteiger partial charge >= 0.3 is 0 Å². The Labute approximate surface area is 83.5 Å². The third-order valence-corrected chi connectivity index (χ3v) is 2.64. The second-order valence-electron chi connectivity index (χ2n) is 3.87. The van der Waals surface area contributed by atoms with Gasteiger partial charge < -0.3 is 10.6 Å². The lowest BCUT2D eigenvalue weighted by Crippen LogP contribution is -2.15. The molecule has 0 aliphatic heterocycles. The molecule has 3 heteroatoms. The van der Waals surface area contributed by atoms with Gasteiger partial charge in [-0.15, -0.1) is 0 Å². The van der Waals surface area contributed by atoms with Crippen molar-refractivity contribution in [2.24, 2.45) is 5.73 Å². The standard InChI is InChI=1S/C11H14N2O/c1-13(2)9-5-3-4-7-10(14)6-8(12)11(7)9/h3-5,8H,6,12H2,1-2H3/t8-/m0/s1. The molecular formula is C11H14N2O. The van der Waals surface area contributed by atoms with Crippen LogP contribution in [0.3, 0.4) is 0 Å². The fourth-order valence-corrected chi connectivity index (χ4v) is 1.99. The Morgan fingerprint density at radius 2 is 2.14 bits per heavy atom. The molecule has 2 rings (SSSR count). The Balaban J connectivity index is 2.62. The number of carbonyl (C=O) groups excluding carboxylic acids is 1. The lowest BCUT2D eigenvalue weighted by molar-refractivity contribution is 0.0989. The molecule has 0 fully saturated rings. The van der Waals surface area contributed by atoms with Crippen molar-refractivity contribution in [1.29, 1.82) is 0 Å². The highest BCUT2D eigenvalue weighted by Crippen LogP contribution is 2.35. The highest BCUT2D eigenvalue weighted by Gasteiger charge is 2.29. The molecule has 0 bridgehead atoms. The molecule has 1 aromatic carbocycles. The van der Waals surface area contributed by atoms with Gasteiger partial charge in [0.15, 0.2) is 5.78 Å². The van der Waals surface area contributed by atoms with Gasteiger partial charge in [0.05, 0.1) is 0 Å². The van der Waals surface area contributed by atoms with E-state index in [4.69, 9.17) is 5.73 Å². The van der Waals surface area contributed by atoms with Crippen LogP contribution in [0.5, 0.6) is 0 Å². The fraction of sp³-hybridized carbons (Fsp3) is 0.364. The molecule has 0 amide bonds. The topological polar surface area (TPSA) is 46.3 Å². The summed E-state index contributed by atoms with van der Waals surface area (Å²) >= 11 is 0. The second-order valence-corrected chi connectivity index (χ2v) is 3.87. The minimum absolute atomic E-state index is 0.129. The molecule has 1 aliphatic rings. The van der Waals surface area contributed by atoms with Gasteiger partial charge in [0.25, 0.3) is 0 Å². The number of nitrogens with zero attached hydrogens (tertiary/aromatic N) is 1. The van der Waals surface area contributed by atoms with Crippen molar-refractivity contribution in [3.8, 4) is 0 Å². The number of fused-ring (bicyclic) bond motifs is 1. The van der Waals surface area contributed by atoms with Crippen molar-refractivity contribution in [2.45, 2.75) is 12.5 Å². The Bertz CT molecular complexity index is 385. The van der Waals surface area contributed by atoms with Crippen molar-refractivity contribution in [2.75, 3.05) is 19.0 Å². The number of carbonyl (C=O) groups is 1. The van der Waals surface area contributed by atoms with Crippen molar-refractivity contribution in [1.82, 2.24) is 0 Å². The van der Waals surface area contributed by atoms with Crippen molar-refractivity contribution in [3.63, 3.8) is 0 Å². The molecule has 0 saturated heterocycles. The Kier molecular flexibility index (Phi) is 2.04. The summed E-state index contributed by atoms with van der Waals surface area (Å²) in [5.74, 6) is 0.163. The molecule has 0 radical (unpaired) electrons. The molecule has 0 unspecified atom stereocenters. The predicted molar refractivity (Wildman–Crippen MR) is 56.6 cm³/mol. The number of ketones is 1. The number of anilines is 1. The normalized spacial score (nSPS) is 19.6. The molecule has 0 aromatic heterocycles. The van der Waals surface area contributed by atoms with Crippen LogP contribution in [-0.2, 0) is 0 Å². The van der Waals surface area contributed by atoms with E-state index in [0.29, 0.717) is 6.42 Å². The maximum Gasteiger partial charge on any atom is 0.165 e. The average molecular weight is 190 g/mol. The molecule has 0 heterocycles. The Hall–Kier alpha value is -1.35. The molecule has 14 heavy (non-hydrogen) atoms. The average Bonchev–Trinajstić information content (AvgIpc) is 2.43. The summed E-state index contributed by atoms with van der Waals surface area (Å²) in [4.78, 5) is 13.5. The van der Waals surface area contributed by atoms with Crippen LogP contribution in [0.25, 0.3) is 0 Å². The van der Waals surface area contributed by atoms with Crippen molar-refractivity contribution in [3.05, 3.63) is 29.3 Å². The SMILES string of the molecule is CN(C)c1cccc2c1[C@@H](N)CC2=O. The van der Waals surface area contributed by atoms with E-state index < -0.39 is 0 Å². The van der Waals surface area contributed by atoms with Gasteiger partial charge in [0.1, 0.15) is 0 Å². The summed E-state index contributed by atoms with van der Waals surface area (Å²) in [7, 11) is 3.93. The van der Waals surface area contributed by atoms with Crippen molar-refractivity contribution >= 4 is 11.5 Å². The summed E-state index contributed by atoms with van der Waals surface area (Å²) in [6.07, 6.45) is 0.445. The Morgan fingerprint density at radius 3 is 2.79 bits per heavy atom. The van der Waals surface area contributed by atoms with E-state index in [0.717, 1.165) is 16.8 Å². The van der Waals surface area contributed by atoms with E-state index in [-0.39, 0.29) is 11.8 Å². The summed E-state index contributed by atoms with van der Waals surface area (Å²) in [6, 6.07) is 5.63.